The second-order valence-corrected chi connectivity index (χ2v) is 16.0. The molecule has 5 heteroatoms. The molecule has 30 heavy (non-hydrogen) atoms. The van der Waals surface area contributed by atoms with Crippen molar-refractivity contribution >= 4 is 29.8 Å². The van der Waals surface area contributed by atoms with Crippen LogP contribution in [0.3, 0.4) is 0 Å². The normalized spacial score (nSPS) is 12.8. The van der Waals surface area contributed by atoms with Crippen LogP contribution in [0.25, 0.3) is 10.9 Å². The number of benzene rings is 2. The highest BCUT2D eigenvalue weighted by atomic mass is 32.2. The molecule has 0 spiro atoms. The average molecular weight is 440 g/mol. The van der Waals surface area contributed by atoms with Gasteiger partial charge in [-0.2, -0.15) is 0 Å². The monoisotopic (exact) mass is 439 g/mol. The molecule has 0 aliphatic rings. The maximum absolute atomic E-state index is 13.5. The molecular formula is C25H33NO2SSi. The molecular weight excluding hydrogens is 406 g/mol. The smallest absolute Gasteiger partial charge is 0.119 e. The Labute approximate surface area is 184 Å². The van der Waals surface area contributed by atoms with Gasteiger partial charge >= 0.3 is 0 Å². The maximum atomic E-state index is 13.5. The van der Waals surface area contributed by atoms with Crippen LogP contribution in [0.2, 0.25) is 25.7 Å². The zero-order valence-electron chi connectivity index (χ0n) is 18.8. The summed E-state index contributed by atoms with van der Waals surface area (Å²) < 4.78 is 21.1. The molecule has 1 aromatic heterocycles. The Kier molecular flexibility index (Phi) is 7.04. The van der Waals surface area contributed by atoms with Crippen LogP contribution in [0, 0.1) is 0 Å². The second-order valence-electron chi connectivity index (χ2n) is 9.15. The number of allylic oxidation sites excluding steroid dienone is 1. The van der Waals surface area contributed by atoms with Crippen LogP contribution in [-0.4, -0.2) is 24.0 Å². The first-order valence-electron chi connectivity index (χ1n) is 10.5. The molecule has 3 rings (SSSR count). The Balaban J connectivity index is 1.97. The maximum Gasteiger partial charge on any atom is 0.119 e. The van der Waals surface area contributed by atoms with Gasteiger partial charge in [0.05, 0.1) is 7.11 Å². The van der Waals surface area contributed by atoms with Gasteiger partial charge in [-0.3, -0.25) is 0 Å². The van der Waals surface area contributed by atoms with Crippen LogP contribution in [0.1, 0.15) is 18.4 Å². The van der Waals surface area contributed by atoms with Crippen LogP contribution in [-0.2, 0) is 24.3 Å². The van der Waals surface area contributed by atoms with E-state index in [0.717, 1.165) is 51.4 Å². The molecule has 0 amide bonds. The molecule has 1 heterocycles. The van der Waals surface area contributed by atoms with Crippen molar-refractivity contribution in [1.29, 1.82) is 0 Å². The van der Waals surface area contributed by atoms with E-state index >= 15 is 0 Å². The molecule has 3 aromatic rings. The molecule has 3 nitrogen and oxygen atoms in total. The third-order valence-corrected chi connectivity index (χ3v) is 8.46. The summed E-state index contributed by atoms with van der Waals surface area (Å²) in [7, 11) is 1.32. The minimum atomic E-state index is -1.23. The number of methoxy groups -OCH3 is 1. The van der Waals surface area contributed by atoms with E-state index < -0.39 is 18.9 Å². The minimum Gasteiger partial charge on any atom is -0.497 e. The summed E-state index contributed by atoms with van der Waals surface area (Å²) in [5.74, 6) is 0.828. The van der Waals surface area contributed by atoms with Crippen LogP contribution >= 0.6 is 0 Å². The Morgan fingerprint density at radius 2 is 1.83 bits per heavy atom. The first-order valence-corrected chi connectivity index (χ1v) is 15.4. The molecule has 0 saturated carbocycles. The molecule has 0 saturated heterocycles. The Hall–Kier alpha value is -2.11. The van der Waals surface area contributed by atoms with Crippen molar-refractivity contribution in [3.05, 3.63) is 66.2 Å². The molecule has 2 aromatic carbocycles. The van der Waals surface area contributed by atoms with Crippen LogP contribution in [0.5, 0.6) is 5.75 Å². The van der Waals surface area contributed by atoms with Gasteiger partial charge in [0.25, 0.3) is 0 Å². The van der Waals surface area contributed by atoms with Gasteiger partial charge in [-0.1, -0.05) is 43.4 Å². The number of hydrogen-bond donors (Lipinski definition) is 0. The van der Waals surface area contributed by atoms with Crippen molar-refractivity contribution in [3.8, 4) is 5.75 Å². The lowest BCUT2D eigenvalue weighted by Gasteiger charge is -2.17. The number of hydrogen-bond acceptors (Lipinski definition) is 2. The highest BCUT2D eigenvalue weighted by Crippen LogP contribution is 2.34. The lowest BCUT2D eigenvalue weighted by Crippen LogP contribution is -2.19. The van der Waals surface area contributed by atoms with E-state index in [9.17, 15) is 4.21 Å². The third-order valence-electron chi connectivity index (χ3n) is 5.32. The summed E-state index contributed by atoms with van der Waals surface area (Å²) in [6.45, 7) is 11.5. The van der Waals surface area contributed by atoms with Gasteiger partial charge < -0.3 is 9.30 Å². The van der Waals surface area contributed by atoms with Crippen molar-refractivity contribution in [1.82, 2.24) is 4.57 Å². The van der Waals surface area contributed by atoms with Crippen molar-refractivity contribution in [2.45, 2.75) is 54.9 Å². The summed E-state index contributed by atoms with van der Waals surface area (Å²) in [4.78, 5) is 0.833. The summed E-state index contributed by atoms with van der Waals surface area (Å²) in [5.41, 5.74) is 3.60. The number of ether oxygens (including phenoxy) is 1. The minimum absolute atomic E-state index is 0.828. The number of aryl methyl sites for hydroxylation is 2. The van der Waals surface area contributed by atoms with E-state index in [0.29, 0.717) is 0 Å². The standard InChI is InChI=1S/C25H33NO2SSi/c1-19(18-30(4,5)6)11-10-14-22-23-17-20(28-3)15-16-24(23)26(2)25(22)29(27)21-12-8-7-9-13-21/h7-9,12-13,15-17H,1,10-11,14,18H2,2-6H3. The molecule has 0 bridgehead atoms. The van der Waals surface area contributed by atoms with E-state index in [2.05, 4.69) is 42.9 Å². The van der Waals surface area contributed by atoms with E-state index in [4.69, 9.17) is 4.74 Å². The lowest BCUT2D eigenvalue weighted by molar-refractivity contribution is 0.415. The van der Waals surface area contributed by atoms with Gasteiger partial charge in [-0.25, -0.2) is 4.21 Å². The van der Waals surface area contributed by atoms with E-state index in [1.54, 1.807) is 7.11 Å². The van der Waals surface area contributed by atoms with E-state index in [1.165, 1.54) is 11.6 Å². The van der Waals surface area contributed by atoms with Crippen molar-refractivity contribution in [3.63, 3.8) is 0 Å². The van der Waals surface area contributed by atoms with Crippen LogP contribution in [0.4, 0.5) is 0 Å². The second kappa shape index (κ2) is 9.35. The third kappa shape index (κ3) is 5.13. The zero-order valence-corrected chi connectivity index (χ0v) is 20.6. The van der Waals surface area contributed by atoms with Gasteiger partial charge in [0.2, 0.25) is 0 Å². The highest BCUT2D eigenvalue weighted by molar-refractivity contribution is 7.85. The number of fused-ring (bicyclic) bond motifs is 1. The van der Waals surface area contributed by atoms with Crippen molar-refractivity contribution in [2.24, 2.45) is 7.05 Å². The fraction of sp³-hybridized carbons (Fsp3) is 0.360. The molecule has 0 radical (unpaired) electrons. The first-order chi connectivity index (χ1) is 14.2. The molecule has 0 aliphatic heterocycles. The Morgan fingerprint density at radius 3 is 2.47 bits per heavy atom. The average Bonchev–Trinajstić information content (AvgIpc) is 2.98. The van der Waals surface area contributed by atoms with Gasteiger partial charge in [-0.15, -0.1) is 6.58 Å². The summed E-state index contributed by atoms with van der Waals surface area (Å²) in [6, 6.07) is 17.0. The summed E-state index contributed by atoms with van der Waals surface area (Å²) >= 11 is 0. The van der Waals surface area contributed by atoms with Gasteiger partial charge in [-0.05, 0) is 61.2 Å². The molecule has 1 atom stereocenters. The Bertz CT molecular complexity index is 1060. The number of rotatable bonds is 9. The molecule has 1 unspecified atom stereocenters. The van der Waals surface area contributed by atoms with Gasteiger partial charge in [0, 0.05) is 30.9 Å². The molecule has 160 valence electrons. The number of nitrogens with zero attached hydrogens (tertiary/aromatic N) is 1. The highest BCUT2D eigenvalue weighted by Gasteiger charge is 2.22. The predicted octanol–water partition coefficient (Wildman–Crippen LogP) is 6.57. The first kappa shape index (κ1) is 22.6. The topological polar surface area (TPSA) is 31.2 Å². The fourth-order valence-corrected chi connectivity index (χ4v) is 7.18. The molecule has 0 N–H and O–H groups in total. The van der Waals surface area contributed by atoms with Crippen molar-refractivity contribution < 1.29 is 8.95 Å². The fourth-order valence-electron chi connectivity index (χ4n) is 4.09. The molecule has 0 aliphatic carbocycles. The lowest BCUT2D eigenvalue weighted by atomic mass is 10.0. The van der Waals surface area contributed by atoms with Gasteiger partial charge in [0.1, 0.15) is 21.6 Å². The van der Waals surface area contributed by atoms with Crippen LogP contribution < -0.4 is 4.74 Å². The quantitative estimate of drug-likeness (QED) is 0.279. The summed E-state index contributed by atoms with van der Waals surface area (Å²) in [5, 5.41) is 2.02. The van der Waals surface area contributed by atoms with E-state index in [1.807, 2.05) is 43.4 Å². The molecule has 0 fully saturated rings. The van der Waals surface area contributed by atoms with Crippen LogP contribution in [0.15, 0.2) is 70.6 Å². The largest absolute Gasteiger partial charge is 0.497 e. The summed E-state index contributed by atoms with van der Waals surface area (Å²) in [6.07, 6.45) is 2.91. The zero-order chi connectivity index (χ0) is 21.9. The predicted molar refractivity (Wildman–Crippen MR) is 131 cm³/mol. The van der Waals surface area contributed by atoms with E-state index in [-0.39, 0.29) is 0 Å². The number of aromatic nitrogens is 1. The van der Waals surface area contributed by atoms with Gasteiger partial charge in [0.15, 0.2) is 0 Å². The van der Waals surface area contributed by atoms with Crippen molar-refractivity contribution in [2.75, 3.05) is 7.11 Å². The Morgan fingerprint density at radius 1 is 1.13 bits per heavy atom. The SMILES string of the molecule is C=C(CCCc1c(S(=O)c2ccccc2)n(C)c2ccc(OC)cc12)C[Si](C)(C)C.